The number of carbonyl (C=O) groups is 5. The predicted octanol–water partition coefficient (Wildman–Crippen LogP) is 1.77. The lowest BCUT2D eigenvalue weighted by Crippen LogP contribution is -2.41. The van der Waals surface area contributed by atoms with E-state index in [-0.39, 0.29) is 51.6 Å². The Hall–Kier alpha value is -2.18. The third-order valence-corrected chi connectivity index (χ3v) is 9.61. The first kappa shape index (κ1) is 41.0. The zero-order valence-corrected chi connectivity index (χ0v) is 31.1. The van der Waals surface area contributed by atoms with Gasteiger partial charge in [0.05, 0.1) is 52.1 Å². The molecule has 1 aliphatic heterocycles. The van der Waals surface area contributed by atoms with Crippen molar-refractivity contribution in [3.8, 4) is 0 Å². The van der Waals surface area contributed by atoms with E-state index in [0.717, 1.165) is 22.5 Å². The van der Waals surface area contributed by atoms with Crippen molar-refractivity contribution in [3.63, 3.8) is 0 Å². The first-order chi connectivity index (χ1) is 21.6. The second-order valence-electron chi connectivity index (χ2n) is 12.9. The molecule has 1 aromatic heterocycles. The lowest BCUT2D eigenvalue weighted by Gasteiger charge is -2.30. The van der Waals surface area contributed by atoms with Crippen molar-refractivity contribution in [2.75, 3.05) is 60.7 Å². The number of amides is 2. The maximum absolute atomic E-state index is 12.9. The highest BCUT2D eigenvalue weighted by atomic mass is 79.9. The number of hydrogen-bond acceptors (Lipinski definition) is 13. The van der Waals surface area contributed by atoms with Gasteiger partial charge in [0.25, 0.3) is 0 Å². The second-order valence-corrected chi connectivity index (χ2v) is 17.2. The van der Waals surface area contributed by atoms with E-state index >= 15 is 0 Å². The van der Waals surface area contributed by atoms with Gasteiger partial charge in [-0.25, -0.2) is 9.55 Å². The number of aromatic nitrogens is 2. The zero-order chi connectivity index (χ0) is 35.6. The number of phosphoric ester groups is 1. The molecule has 4 atom stereocenters. The largest absolute Gasteiger partial charge is 0.472 e. The molecule has 0 bridgehead atoms. The Bertz CT molecular complexity index is 1310. The van der Waals surface area contributed by atoms with Gasteiger partial charge in [0.2, 0.25) is 11.8 Å². The Morgan fingerprint density at radius 2 is 1.79 bits per heavy atom. The highest BCUT2D eigenvalue weighted by Gasteiger charge is 2.43. The number of imide groups is 1. The molecular weight excluding hydrogens is 726 g/mol. The van der Waals surface area contributed by atoms with Crippen molar-refractivity contribution >= 4 is 65.2 Å². The fourth-order valence-corrected chi connectivity index (χ4v) is 6.87. The lowest BCUT2D eigenvalue weighted by molar-refractivity contribution is -0.870. The maximum Gasteiger partial charge on any atom is 0.472 e. The molecule has 266 valence electrons. The number of rotatable bonds is 21. The van der Waals surface area contributed by atoms with Crippen LogP contribution in [0.1, 0.15) is 46.2 Å². The van der Waals surface area contributed by atoms with Crippen molar-refractivity contribution in [2.45, 2.75) is 62.6 Å². The number of phosphoric acid groups is 1. The average Bonchev–Trinajstić information content (AvgIpc) is 3.54. The number of likely N-dealkylation sites (tertiary alicyclic amines) is 1. The van der Waals surface area contributed by atoms with Crippen LogP contribution in [0.15, 0.2) is 12.5 Å². The number of ketones is 1. The number of aromatic amines is 1. The van der Waals surface area contributed by atoms with E-state index < -0.39 is 52.6 Å². The SMILES string of the molecule is CC(=O)[C@H](Cc1cnc[nH]1)NSC1CC(=O)N(CCOC(=O)C(C)(C)CC(C)(Br)C(=O)OCCOP(=O)(O)OCC[N+](C)(C)[13CH3])C1=O. The number of quaternary nitrogens is 1. The quantitative estimate of drug-likeness (QED) is 0.0238. The normalized spacial score (nSPS) is 18.8. The summed E-state index contributed by atoms with van der Waals surface area (Å²) in [6.45, 7) is 5.44. The van der Waals surface area contributed by atoms with Crippen LogP contribution in [0.25, 0.3) is 0 Å². The summed E-state index contributed by atoms with van der Waals surface area (Å²) in [6, 6.07) is -0.590. The van der Waals surface area contributed by atoms with Gasteiger partial charge in [0.15, 0.2) is 0 Å². The molecule has 16 nitrogen and oxygen atoms in total. The number of nitrogens with one attached hydrogen (secondary N) is 2. The number of nitrogens with zero attached hydrogens (tertiary/aromatic N) is 3. The number of likely N-dealkylation sites (N-methyl/N-ethyl adjacent to an activating group) is 1. The number of ether oxygens (including phenoxy) is 2. The molecule has 0 spiro atoms. The molecular formula is C28H46BrN5O11PS+. The smallest absolute Gasteiger partial charge is 0.463 e. The van der Waals surface area contributed by atoms with Crippen molar-refractivity contribution in [1.82, 2.24) is 19.6 Å². The molecule has 47 heavy (non-hydrogen) atoms. The molecule has 2 heterocycles. The molecule has 3 N–H and O–H groups in total. The molecule has 1 fully saturated rings. The van der Waals surface area contributed by atoms with E-state index in [2.05, 4.69) is 30.6 Å². The molecule has 0 aliphatic carbocycles. The Labute approximate surface area is 287 Å². The Kier molecular flexibility index (Phi) is 15.2. The highest BCUT2D eigenvalue weighted by molar-refractivity contribution is 9.10. The third-order valence-electron chi connectivity index (χ3n) is 6.91. The Balaban J connectivity index is 1.77. The Morgan fingerprint density at radius 1 is 1.15 bits per heavy atom. The van der Waals surface area contributed by atoms with Gasteiger partial charge in [-0.15, -0.1) is 0 Å². The van der Waals surface area contributed by atoms with Crippen LogP contribution in [-0.2, 0) is 53.5 Å². The maximum atomic E-state index is 12.9. The summed E-state index contributed by atoms with van der Waals surface area (Å²) < 4.78 is 34.5. The monoisotopic (exact) mass is 771 g/mol. The van der Waals surface area contributed by atoms with Gasteiger partial charge in [-0.05, 0) is 34.1 Å². The number of carbonyl (C=O) groups excluding carboxylic acids is 5. The topological polar surface area (TPSA) is 204 Å². The second kappa shape index (κ2) is 17.5. The summed E-state index contributed by atoms with van der Waals surface area (Å²) in [5, 5.41) is -0.742. The predicted molar refractivity (Wildman–Crippen MR) is 175 cm³/mol. The van der Waals surface area contributed by atoms with E-state index in [9.17, 15) is 33.4 Å². The lowest BCUT2D eigenvalue weighted by atomic mass is 9.83. The first-order valence-corrected chi connectivity index (χ1v) is 18.0. The minimum atomic E-state index is -4.32. The van der Waals surface area contributed by atoms with E-state index in [0.29, 0.717) is 17.4 Å². The van der Waals surface area contributed by atoms with Crippen LogP contribution in [0, 0.1) is 5.41 Å². The number of imidazole rings is 1. The van der Waals surface area contributed by atoms with Crippen molar-refractivity contribution < 1.29 is 56.4 Å². The fourth-order valence-electron chi connectivity index (χ4n) is 4.33. The number of alkyl halides is 1. The molecule has 1 aromatic rings. The summed E-state index contributed by atoms with van der Waals surface area (Å²) in [7, 11) is 1.38. The van der Waals surface area contributed by atoms with E-state index in [1.165, 1.54) is 20.2 Å². The standard InChI is InChI=1S/C28H45BrN5O11PS/c1-19(35)21(14-20-16-30-18-31-20)32-47-22-15-23(36)33(24(22)37)8-10-42-25(38)27(2,3)17-28(4,29)26(39)43-12-13-45-46(40,41)44-11-9-34(5,6)7/h16,18,21-22,32H,8-15,17H2,1-7H3,(H-,30,31,40,41)/p+1/t21-,22?,28?/m0/s1/i5+1. The molecule has 19 heteroatoms. The van der Waals surface area contributed by atoms with Gasteiger partial charge < -0.3 is 23.8 Å². The number of halogens is 1. The third kappa shape index (κ3) is 14.1. The van der Waals surface area contributed by atoms with Crippen molar-refractivity contribution in [1.29, 1.82) is 0 Å². The molecule has 1 aliphatic rings. The molecule has 2 rings (SSSR count). The summed E-state index contributed by atoms with van der Waals surface area (Å²) in [6.07, 6.45) is 3.32. The fraction of sp³-hybridized carbons (Fsp3) is 0.714. The summed E-state index contributed by atoms with van der Waals surface area (Å²) in [5.74, 6) is -2.42. The van der Waals surface area contributed by atoms with Crippen LogP contribution in [0.2, 0.25) is 0 Å². The van der Waals surface area contributed by atoms with Crippen molar-refractivity contribution in [2.24, 2.45) is 5.41 Å². The zero-order valence-electron chi connectivity index (χ0n) is 27.8. The van der Waals surface area contributed by atoms with E-state index in [4.69, 9.17) is 18.5 Å². The highest BCUT2D eigenvalue weighted by Crippen LogP contribution is 2.43. The van der Waals surface area contributed by atoms with Crippen LogP contribution >= 0.6 is 35.7 Å². The van der Waals surface area contributed by atoms with Gasteiger partial charge in [-0.2, -0.15) is 0 Å². The van der Waals surface area contributed by atoms with E-state index in [1.807, 2.05) is 21.1 Å². The first-order valence-electron chi connectivity index (χ1n) is 14.8. The van der Waals surface area contributed by atoms with Crippen LogP contribution < -0.4 is 4.72 Å². The minimum Gasteiger partial charge on any atom is -0.463 e. The molecule has 2 amide bonds. The van der Waals surface area contributed by atoms with Crippen LogP contribution in [0.3, 0.4) is 0 Å². The van der Waals surface area contributed by atoms with Gasteiger partial charge in [-0.1, -0.05) is 27.9 Å². The van der Waals surface area contributed by atoms with Crippen LogP contribution in [-0.4, -0.2) is 130 Å². The van der Waals surface area contributed by atoms with Crippen LogP contribution in [0.4, 0.5) is 0 Å². The molecule has 0 radical (unpaired) electrons. The number of esters is 2. The summed E-state index contributed by atoms with van der Waals surface area (Å²) >= 11 is 4.31. The van der Waals surface area contributed by atoms with Gasteiger partial charge >= 0.3 is 19.8 Å². The number of H-pyrrole nitrogens is 1. The van der Waals surface area contributed by atoms with Gasteiger partial charge in [0.1, 0.15) is 41.7 Å². The molecule has 0 aromatic carbocycles. The van der Waals surface area contributed by atoms with Crippen LogP contribution in [0.5, 0.6) is 0 Å². The van der Waals surface area contributed by atoms with Gasteiger partial charge in [-0.3, -0.25) is 42.6 Å². The summed E-state index contributed by atoms with van der Waals surface area (Å²) in [4.78, 5) is 80.8. The van der Waals surface area contributed by atoms with E-state index in [1.54, 1.807) is 20.0 Å². The average molecular weight is 773 g/mol. The van der Waals surface area contributed by atoms with Crippen molar-refractivity contribution in [3.05, 3.63) is 18.2 Å². The summed E-state index contributed by atoms with van der Waals surface area (Å²) in [5.41, 5.74) is -0.445. The minimum absolute atomic E-state index is 0.000133. The number of Topliss-reactive ketones (excluding diaryl/α,β-unsaturated/α-hetero) is 1. The molecule has 3 unspecified atom stereocenters. The Morgan fingerprint density at radius 3 is 2.38 bits per heavy atom. The van der Waals surface area contributed by atoms with Gasteiger partial charge in [0, 0.05) is 24.7 Å². The molecule has 0 saturated carbocycles. The molecule has 1 saturated heterocycles. The number of hydrogen-bond donors (Lipinski definition) is 3.